The summed E-state index contributed by atoms with van der Waals surface area (Å²) in [6.07, 6.45) is 10.4. The summed E-state index contributed by atoms with van der Waals surface area (Å²) in [6, 6.07) is 11.4. The Balaban J connectivity index is 1.06. The highest BCUT2D eigenvalue weighted by Crippen LogP contribution is 2.77. The summed E-state index contributed by atoms with van der Waals surface area (Å²) in [4.78, 5) is 39.6. The molecule has 0 saturated heterocycles. The number of aliphatic hydroxyl groups excluding tert-OH is 1. The van der Waals surface area contributed by atoms with E-state index in [9.17, 15) is 19.5 Å². The number of carbonyl (C=O) groups excluding carboxylic acids is 3. The van der Waals surface area contributed by atoms with Crippen molar-refractivity contribution in [2.24, 2.45) is 56.7 Å². The van der Waals surface area contributed by atoms with Gasteiger partial charge in [0.05, 0.1) is 24.2 Å². The van der Waals surface area contributed by atoms with E-state index in [1.54, 1.807) is 18.2 Å². The molecule has 7 nitrogen and oxygen atoms in total. The predicted molar refractivity (Wildman–Crippen MR) is 217 cm³/mol. The Morgan fingerprint density at radius 3 is 2.25 bits per heavy atom. The molecule has 56 heavy (non-hydrogen) atoms. The van der Waals surface area contributed by atoms with Gasteiger partial charge < -0.3 is 20.5 Å². The molecule has 0 aromatic heterocycles. The Labute approximate surface area is 334 Å². The standard InChI is InChI=1S/C48H65FN2O5/c1-29(2)34-17-23-48(25-24-46(6)35(40(34)48)14-16-38-45(5)21-19-39(52)44(3,4)37(45)18-22-47(38,46)7)43(55)51-28-33-27-32(13-15-36(33)49)41(53)50-26-20-30-9-11-31(12-10-30)42(54)56-8/h9-13,15,27,34-35,37-40,52H,1,14,16-26,28H2,2-8H3,(H,50,53)(H,51,55)/t34-,35?,37?,38?,39-,40?,45-,46+,47+,48-/m0/s1. The summed E-state index contributed by atoms with van der Waals surface area (Å²) in [5.41, 5.74) is 3.02. The third-order valence-electron chi connectivity index (χ3n) is 17.3. The second-order valence-corrected chi connectivity index (χ2v) is 19.9. The van der Waals surface area contributed by atoms with Gasteiger partial charge in [0.15, 0.2) is 0 Å². The van der Waals surface area contributed by atoms with Crippen LogP contribution in [-0.4, -0.2) is 42.6 Å². The fourth-order valence-electron chi connectivity index (χ4n) is 14.1. The molecule has 0 spiro atoms. The van der Waals surface area contributed by atoms with E-state index in [2.05, 4.69) is 58.8 Å². The number of methoxy groups -OCH3 is 1. The summed E-state index contributed by atoms with van der Waals surface area (Å²) < 4.78 is 20.1. The molecule has 304 valence electrons. The van der Waals surface area contributed by atoms with Crippen molar-refractivity contribution in [2.45, 2.75) is 125 Å². The van der Waals surface area contributed by atoms with Gasteiger partial charge in [0.2, 0.25) is 5.91 Å². The fraction of sp³-hybridized carbons (Fsp3) is 0.646. The van der Waals surface area contributed by atoms with E-state index in [4.69, 9.17) is 4.74 Å². The number of carbonyl (C=O) groups is 3. The normalized spacial score (nSPS) is 36.9. The lowest BCUT2D eigenvalue weighted by atomic mass is 9.32. The van der Waals surface area contributed by atoms with E-state index in [1.807, 2.05) is 12.1 Å². The van der Waals surface area contributed by atoms with Crippen LogP contribution in [0.2, 0.25) is 0 Å². The highest BCUT2D eigenvalue weighted by molar-refractivity contribution is 5.94. The molecule has 2 aromatic rings. The lowest BCUT2D eigenvalue weighted by Crippen LogP contribution is -2.67. The molecule has 0 bridgehead atoms. The number of allylic oxidation sites excluding steroid dienone is 1. The first-order valence-corrected chi connectivity index (χ1v) is 21.3. The lowest BCUT2D eigenvalue weighted by molar-refractivity contribution is -0.246. The third kappa shape index (κ3) is 6.35. The number of halogens is 1. The van der Waals surface area contributed by atoms with E-state index in [0.29, 0.717) is 47.4 Å². The second kappa shape index (κ2) is 14.7. The number of amides is 2. The minimum absolute atomic E-state index is 0.0201. The van der Waals surface area contributed by atoms with Crippen molar-refractivity contribution in [2.75, 3.05) is 13.7 Å². The average molecular weight is 769 g/mol. The van der Waals surface area contributed by atoms with E-state index >= 15 is 4.39 Å². The Kier molecular flexibility index (Phi) is 10.7. The van der Waals surface area contributed by atoms with Gasteiger partial charge in [0.1, 0.15) is 5.82 Å². The number of ether oxygens (including phenoxy) is 1. The minimum atomic E-state index is -0.532. The van der Waals surface area contributed by atoms with Gasteiger partial charge >= 0.3 is 5.97 Å². The number of fused-ring (bicyclic) bond motifs is 7. The van der Waals surface area contributed by atoms with Crippen LogP contribution in [0.4, 0.5) is 4.39 Å². The SMILES string of the molecule is C=C(C)[C@@H]1CC[C@]2(C(=O)NCc3cc(C(=O)NCCc4ccc(C(=O)OC)cc4)ccc3F)CC[C@]3(C)C(CCC4[C@@]5(C)CC[C@H](O)C(C)(C)C5CC[C@]43C)C12. The maximum Gasteiger partial charge on any atom is 0.337 e. The van der Waals surface area contributed by atoms with Gasteiger partial charge in [-0.1, -0.05) is 58.9 Å². The van der Waals surface area contributed by atoms with Crippen LogP contribution in [0.25, 0.3) is 0 Å². The van der Waals surface area contributed by atoms with Crippen molar-refractivity contribution in [1.82, 2.24) is 10.6 Å². The largest absolute Gasteiger partial charge is 0.465 e. The zero-order chi connectivity index (χ0) is 40.4. The molecule has 4 unspecified atom stereocenters. The zero-order valence-corrected chi connectivity index (χ0v) is 34.9. The summed E-state index contributed by atoms with van der Waals surface area (Å²) >= 11 is 0. The van der Waals surface area contributed by atoms with Crippen molar-refractivity contribution in [3.63, 3.8) is 0 Å². The summed E-state index contributed by atoms with van der Waals surface area (Å²) in [5, 5.41) is 17.3. The van der Waals surface area contributed by atoms with Crippen molar-refractivity contribution >= 4 is 17.8 Å². The van der Waals surface area contributed by atoms with Crippen molar-refractivity contribution in [1.29, 1.82) is 0 Å². The molecule has 5 aliphatic rings. The molecule has 2 amide bonds. The first-order chi connectivity index (χ1) is 26.4. The molecule has 8 heteroatoms. The molecule has 0 heterocycles. The van der Waals surface area contributed by atoms with Crippen LogP contribution in [0, 0.1) is 62.5 Å². The number of aliphatic hydroxyl groups is 1. The van der Waals surface area contributed by atoms with Crippen molar-refractivity contribution < 1.29 is 28.6 Å². The maximum absolute atomic E-state index is 15.3. The van der Waals surface area contributed by atoms with Crippen LogP contribution in [0.15, 0.2) is 54.6 Å². The molecule has 5 aliphatic carbocycles. The molecule has 5 saturated carbocycles. The van der Waals surface area contributed by atoms with Crippen LogP contribution in [0.5, 0.6) is 0 Å². The Bertz CT molecular complexity index is 1870. The highest BCUT2D eigenvalue weighted by atomic mass is 19.1. The number of hydrogen-bond donors (Lipinski definition) is 3. The van der Waals surface area contributed by atoms with Crippen LogP contribution in [-0.2, 0) is 22.5 Å². The highest BCUT2D eigenvalue weighted by Gasteiger charge is 2.71. The van der Waals surface area contributed by atoms with Crippen molar-refractivity contribution in [3.8, 4) is 0 Å². The predicted octanol–water partition coefficient (Wildman–Crippen LogP) is 9.22. The summed E-state index contributed by atoms with van der Waals surface area (Å²) in [6.45, 7) is 19.3. The lowest BCUT2D eigenvalue weighted by Gasteiger charge is -2.72. The Morgan fingerprint density at radius 1 is 0.839 bits per heavy atom. The first-order valence-electron chi connectivity index (χ1n) is 21.3. The first kappa shape index (κ1) is 40.7. The van der Waals surface area contributed by atoms with Gasteiger partial charge in [-0.3, -0.25) is 9.59 Å². The van der Waals surface area contributed by atoms with Gasteiger partial charge in [0, 0.05) is 24.2 Å². The molecule has 10 atom stereocenters. The van der Waals surface area contributed by atoms with Crippen LogP contribution < -0.4 is 10.6 Å². The number of nitrogens with one attached hydrogen (secondary N) is 2. The average Bonchev–Trinajstić information content (AvgIpc) is 3.57. The van der Waals surface area contributed by atoms with Gasteiger partial charge in [-0.15, -0.1) is 0 Å². The number of rotatable bonds is 9. The number of benzene rings is 2. The molecular weight excluding hydrogens is 704 g/mol. The van der Waals surface area contributed by atoms with E-state index < -0.39 is 17.2 Å². The smallest absolute Gasteiger partial charge is 0.337 e. The van der Waals surface area contributed by atoms with E-state index in [0.717, 1.165) is 69.8 Å². The third-order valence-corrected chi connectivity index (χ3v) is 17.3. The molecule has 7 rings (SSSR count). The number of hydrogen-bond acceptors (Lipinski definition) is 5. The summed E-state index contributed by atoms with van der Waals surface area (Å²) in [7, 11) is 1.34. The Hall–Kier alpha value is -3.52. The second-order valence-electron chi connectivity index (χ2n) is 19.9. The molecule has 5 fully saturated rings. The fourth-order valence-corrected chi connectivity index (χ4v) is 14.1. The monoisotopic (exact) mass is 768 g/mol. The zero-order valence-electron chi connectivity index (χ0n) is 34.9. The molecule has 0 radical (unpaired) electrons. The topological polar surface area (TPSA) is 105 Å². The van der Waals surface area contributed by atoms with Crippen molar-refractivity contribution in [3.05, 3.63) is 82.7 Å². The van der Waals surface area contributed by atoms with Gasteiger partial charge in [-0.05, 0) is 165 Å². The van der Waals surface area contributed by atoms with Crippen LogP contribution in [0.1, 0.15) is 138 Å². The van der Waals surface area contributed by atoms with Gasteiger partial charge in [-0.2, -0.15) is 0 Å². The van der Waals surface area contributed by atoms with Crippen LogP contribution >= 0.6 is 0 Å². The van der Waals surface area contributed by atoms with Gasteiger partial charge in [-0.25, -0.2) is 9.18 Å². The number of esters is 1. The van der Waals surface area contributed by atoms with E-state index in [-0.39, 0.29) is 58.0 Å². The maximum atomic E-state index is 15.3. The van der Waals surface area contributed by atoms with Crippen LogP contribution in [0.3, 0.4) is 0 Å². The molecule has 3 N–H and O–H groups in total. The van der Waals surface area contributed by atoms with E-state index in [1.165, 1.54) is 24.8 Å². The molecular formula is C48H65FN2O5. The summed E-state index contributed by atoms with van der Waals surface area (Å²) in [5.74, 6) is 0.802. The van der Waals surface area contributed by atoms with Gasteiger partial charge in [0.25, 0.3) is 5.91 Å². The molecule has 2 aromatic carbocycles. The Morgan fingerprint density at radius 2 is 1.55 bits per heavy atom. The quantitative estimate of drug-likeness (QED) is 0.174. The minimum Gasteiger partial charge on any atom is -0.465 e. The molecule has 0 aliphatic heterocycles.